The normalized spacial score (nSPS) is 15.7. The Hall–Kier alpha value is -4.04. The lowest BCUT2D eigenvalue weighted by molar-refractivity contribution is -0.161. The van der Waals surface area contributed by atoms with E-state index in [0.717, 1.165) is 51.4 Å². The van der Waals surface area contributed by atoms with Crippen LogP contribution in [0.15, 0.2) is 146 Å². The maximum atomic E-state index is 12.7. The maximum absolute atomic E-state index is 12.7. The molecule has 0 aromatic rings. The van der Waals surface area contributed by atoms with Gasteiger partial charge in [-0.25, -0.2) is 9.13 Å². The Morgan fingerprint density at radius 3 is 1.38 bits per heavy atom. The number of phosphoric ester groups is 2. The van der Waals surface area contributed by atoms with Crippen LogP contribution in [-0.4, -0.2) is 81.6 Å². The van der Waals surface area contributed by atoms with Crippen LogP contribution in [0, 0.1) is 0 Å². The number of carbonyl (C=O) groups excluding carboxylic acids is 2. The highest BCUT2D eigenvalue weighted by Crippen LogP contribution is 2.43. The topological polar surface area (TPSA) is 216 Å². The van der Waals surface area contributed by atoms with E-state index in [9.17, 15) is 33.8 Å². The van der Waals surface area contributed by atoms with Crippen molar-refractivity contribution in [2.75, 3.05) is 26.4 Å². The predicted molar refractivity (Wildman–Crippen MR) is 263 cm³/mol. The van der Waals surface area contributed by atoms with E-state index in [0.29, 0.717) is 32.1 Å². The third-order valence-corrected chi connectivity index (χ3v) is 9.76. The Morgan fingerprint density at radius 1 is 0.485 bits per heavy atom. The smallest absolute Gasteiger partial charge is 0.462 e. The molecule has 0 bridgehead atoms. The van der Waals surface area contributed by atoms with Crippen molar-refractivity contribution in [2.45, 2.75) is 128 Å². The second kappa shape index (κ2) is 43.5. The Balaban J connectivity index is 4.79. The van der Waals surface area contributed by atoms with Gasteiger partial charge in [0.1, 0.15) is 12.7 Å². The summed E-state index contributed by atoms with van der Waals surface area (Å²) < 4.78 is 47.6. The van der Waals surface area contributed by atoms with Crippen LogP contribution in [0.5, 0.6) is 0 Å². The number of aliphatic hydroxyl groups excluding tert-OH is 2. The van der Waals surface area contributed by atoms with Crippen molar-refractivity contribution in [1.29, 1.82) is 0 Å². The van der Waals surface area contributed by atoms with E-state index in [1.807, 2.05) is 72.9 Å². The van der Waals surface area contributed by atoms with Crippen LogP contribution in [-0.2, 0) is 41.8 Å². The van der Waals surface area contributed by atoms with Crippen LogP contribution in [0.2, 0.25) is 0 Å². The summed E-state index contributed by atoms with van der Waals surface area (Å²) in [5.74, 6) is -1.27. The molecule has 370 valence electrons. The molecule has 16 heteroatoms. The van der Waals surface area contributed by atoms with E-state index in [1.54, 1.807) is 6.08 Å². The molecule has 0 heterocycles. The number of aliphatic hydroxyl groups is 2. The molecule has 0 radical (unpaired) electrons. The zero-order chi connectivity index (χ0) is 48.8. The summed E-state index contributed by atoms with van der Waals surface area (Å²) >= 11 is 0. The van der Waals surface area contributed by atoms with Crippen LogP contribution in [0.25, 0.3) is 0 Å². The number of carbonyl (C=O) groups is 2. The molecular weight excluding hydrogens is 886 g/mol. The fourth-order valence-electron chi connectivity index (χ4n) is 4.95. The van der Waals surface area contributed by atoms with E-state index < -0.39 is 72.3 Å². The first-order valence-corrected chi connectivity index (χ1v) is 25.7. The highest BCUT2D eigenvalue weighted by atomic mass is 31.2. The molecule has 0 aliphatic carbocycles. The van der Waals surface area contributed by atoms with E-state index in [4.69, 9.17) is 23.8 Å². The van der Waals surface area contributed by atoms with Gasteiger partial charge in [0.25, 0.3) is 0 Å². The molecule has 0 saturated carbocycles. The molecule has 0 saturated heterocycles. The minimum Gasteiger partial charge on any atom is -0.462 e. The van der Waals surface area contributed by atoms with Gasteiger partial charge in [-0.3, -0.25) is 23.2 Å². The summed E-state index contributed by atoms with van der Waals surface area (Å²) in [6.45, 7) is 1.23. The third kappa shape index (κ3) is 46.5. The molecule has 0 fully saturated rings. The van der Waals surface area contributed by atoms with Gasteiger partial charge < -0.3 is 34.4 Å². The second-order valence-electron chi connectivity index (χ2n) is 14.4. The quantitative estimate of drug-likeness (QED) is 0.0167. The number of phosphoric acid groups is 2. The number of hydrogen-bond acceptors (Lipinski definition) is 11. The van der Waals surface area contributed by atoms with Gasteiger partial charge >= 0.3 is 27.6 Å². The van der Waals surface area contributed by atoms with Crippen molar-refractivity contribution in [3.05, 3.63) is 146 Å². The van der Waals surface area contributed by atoms with Crippen LogP contribution < -0.4 is 0 Å². The third-order valence-electron chi connectivity index (χ3n) is 8.32. The van der Waals surface area contributed by atoms with Crippen molar-refractivity contribution in [1.82, 2.24) is 0 Å². The first kappa shape index (κ1) is 62.0. The van der Waals surface area contributed by atoms with E-state index in [1.165, 1.54) is 0 Å². The highest BCUT2D eigenvalue weighted by molar-refractivity contribution is 7.47. The first-order valence-electron chi connectivity index (χ1n) is 22.6. The Labute approximate surface area is 393 Å². The van der Waals surface area contributed by atoms with E-state index in [-0.39, 0.29) is 12.8 Å². The number of allylic oxidation sites excluding steroid dienone is 22. The van der Waals surface area contributed by atoms with Crippen molar-refractivity contribution in [2.24, 2.45) is 0 Å². The first-order chi connectivity index (χ1) is 31.8. The molecule has 5 N–H and O–H groups in total. The van der Waals surface area contributed by atoms with Crippen LogP contribution in [0.1, 0.15) is 110 Å². The van der Waals surface area contributed by atoms with Crippen molar-refractivity contribution < 1.29 is 66.7 Å². The lowest BCUT2D eigenvalue weighted by Gasteiger charge is -2.20. The molecule has 2 unspecified atom stereocenters. The Bertz CT molecular complexity index is 1730. The average molecular weight is 963 g/mol. The fourth-order valence-corrected chi connectivity index (χ4v) is 6.11. The van der Waals surface area contributed by atoms with E-state index in [2.05, 4.69) is 89.7 Å². The van der Waals surface area contributed by atoms with Crippen molar-refractivity contribution in [3.8, 4) is 0 Å². The van der Waals surface area contributed by atoms with Gasteiger partial charge in [-0.05, 0) is 83.5 Å². The molecule has 0 aliphatic rings. The molecule has 0 aromatic heterocycles. The molecule has 0 rings (SSSR count). The Morgan fingerprint density at radius 2 is 0.894 bits per heavy atom. The largest absolute Gasteiger partial charge is 0.472 e. The second-order valence-corrected chi connectivity index (χ2v) is 17.1. The molecule has 0 aliphatic heterocycles. The van der Waals surface area contributed by atoms with Gasteiger partial charge in [0.05, 0.1) is 25.9 Å². The molecular formula is C50H76O14P2. The summed E-state index contributed by atoms with van der Waals surface area (Å²) in [6, 6.07) is 0. The highest BCUT2D eigenvalue weighted by Gasteiger charge is 2.28. The molecule has 66 heavy (non-hydrogen) atoms. The minimum absolute atomic E-state index is 0.0272. The zero-order valence-electron chi connectivity index (χ0n) is 38.8. The monoisotopic (exact) mass is 962 g/mol. The average Bonchev–Trinajstić information content (AvgIpc) is 3.27. The van der Waals surface area contributed by atoms with Gasteiger partial charge in [-0.1, -0.05) is 160 Å². The number of hydrogen-bond donors (Lipinski definition) is 5. The molecule has 0 aromatic carbocycles. The Kier molecular flexibility index (Phi) is 40.9. The SMILES string of the molecule is CC/C=C\C/C=C\C/C=C\C/C=C\C/C=C\C/C=C\CCC(=O)O[C@H](COC(=O)CC/C=C\C/C=C\C/C=C\C/C=C/C=C/C(O)C/C=C\CC)COP(=O)(O)OC[C@@H](O)COP(=O)(O)O. The molecule has 0 spiro atoms. The lowest BCUT2D eigenvalue weighted by Crippen LogP contribution is -2.29. The van der Waals surface area contributed by atoms with Crippen LogP contribution in [0.4, 0.5) is 0 Å². The number of rotatable bonds is 40. The zero-order valence-corrected chi connectivity index (χ0v) is 40.6. The minimum atomic E-state index is -4.89. The molecule has 0 amide bonds. The fraction of sp³-hybridized carbons (Fsp3) is 0.480. The summed E-state index contributed by atoms with van der Waals surface area (Å²) in [6.07, 6.45) is 54.8. The van der Waals surface area contributed by atoms with Crippen molar-refractivity contribution >= 4 is 27.6 Å². The van der Waals surface area contributed by atoms with Crippen molar-refractivity contribution in [3.63, 3.8) is 0 Å². The summed E-state index contributed by atoms with van der Waals surface area (Å²) in [5.41, 5.74) is 0. The number of ether oxygens (including phenoxy) is 2. The molecule has 14 nitrogen and oxygen atoms in total. The van der Waals surface area contributed by atoms with Gasteiger partial charge in [0, 0.05) is 12.8 Å². The lowest BCUT2D eigenvalue weighted by atomic mass is 10.2. The summed E-state index contributed by atoms with van der Waals surface area (Å²) in [5, 5.41) is 19.6. The van der Waals surface area contributed by atoms with Crippen LogP contribution in [0.3, 0.4) is 0 Å². The summed E-state index contributed by atoms with van der Waals surface area (Å²) in [7, 11) is -9.76. The summed E-state index contributed by atoms with van der Waals surface area (Å²) in [4.78, 5) is 52.7. The van der Waals surface area contributed by atoms with Gasteiger partial charge in [-0.2, -0.15) is 0 Å². The predicted octanol–water partition coefficient (Wildman–Crippen LogP) is 11.0. The van der Waals surface area contributed by atoms with E-state index >= 15 is 0 Å². The molecule has 4 atom stereocenters. The van der Waals surface area contributed by atoms with Gasteiger partial charge in [0.15, 0.2) is 6.10 Å². The van der Waals surface area contributed by atoms with Gasteiger partial charge in [-0.15, -0.1) is 0 Å². The van der Waals surface area contributed by atoms with Gasteiger partial charge in [0.2, 0.25) is 0 Å². The number of esters is 2. The van der Waals surface area contributed by atoms with Crippen LogP contribution >= 0.6 is 15.6 Å². The maximum Gasteiger partial charge on any atom is 0.472 e. The standard InChI is InChI=1S/C50H76O14P2/c1-3-5-7-8-9-10-11-12-13-14-15-16-17-20-24-27-30-33-37-41-50(54)64-48(45-63-66(58,59)62-43-47(52)42-61-65(55,56)57)44-60-49(53)40-36-32-29-26-23-21-18-19-22-25-28-31-35-39-46(51)38-34-6-4-2/h5-7,9-10,12-13,15-16,19-24,28-35,39,46-48,51-52H,3-4,8,11,14,17-18,25-27,36-38,40-45H2,1-2H3,(H,58,59)(H2,55,56,57)/b7-5-,10-9-,13-12-,16-15-,22-19-,23-21-,24-20-,31-28+,32-29-,33-30-,34-6-,39-35+/t46?,47-,48+/m0/s1.